The third kappa shape index (κ3) is 3.30. The van der Waals surface area contributed by atoms with Crippen LogP contribution in [0.5, 0.6) is 0 Å². The fourth-order valence-electron chi connectivity index (χ4n) is 2.67. The van der Waals surface area contributed by atoms with E-state index >= 15 is 0 Å². The summed E-state index contributed by atoms with van der Waals surface area (Å²) in [4.78, 5) is 20.3. The lowest BCUT2D eigenvalue weighted by Gasteiger charge is -2.20. The summed E-state index contributed by atoms with van der Waals surface area (Å²) in [5.74, 6) is 0.266. The summed E-state index contributed by atoms with van der Waals surface area (Å²) in [6, 6.07) is 11.3. The van der Waals surface area contributed by atoms with Crippen LogP contribution in [0.4, 0.5) is 4.39 Å². The van der Waals surface area contributed by atoms with Gasteiger partial charge in [-0.15, -0.1) is 0 Å². The zero-order valence-electron chi connectivity index (χ0n) is 13.9. The molecule has 0 unspecified atom stereocenters. The maximum atomic E-state index is 13.0. The van der Waals surface area contributed by atoms with E-state index in [1.165, 1.54) is 24.3 Å². The lowest BCUT2D eigenvalue weighted by molar-refractivity contribution is 0.0923. The molecule has 0 saturated carbocycles. The normalized spacial score (nSPS) is 12.5. The van der Waals surface area contributed by atoms with Crippen LogP contribution in [-0.2, 0) is 0 Å². The van der Waals surface area contributed by atoms with Crippen LogP contribution in [0.25, 0.3) is 11.0 Å². The fourth-order valence-corrected chi connectivity index (χ4v) is 2.67. The monoisotopic (exact) mass is 325 g/mol. The molecule has 1 atom stereocenters. The maximum absolute atomic E-state index is 13.0. The molecular weight excluding hydrogens is 305 g/mol. The minimum Gasteiger partial charge on any atom is -0.342 e. The first kappa shape index (κ1) is 16.2. The zero-order valence-corrected chi connectivity index (χ0v) is 13.9. The van der Waals surface area contributed by atoms with E-state index < -0.39 is 0 Å². The average molecular weight is 325 g/mol. The van der Waals surface area contributed by atoms with Crippen molar-refractivity contribution in [3.05, 3.63) is 65.2 Å². The lowest BCUT2D eigenvalue weighted by Crippen LogP contribution is -2.32. The van der Waals surface area contributed by atoms with Crippen molar-refractivity contribution >= 4 is 16.9 Å². The molecule has 0 aliphatic rings. The predicted octanol–water partition coefficient (Wildman–Crippen LogP) is 4.14. The molecule has 5 heteroatoms. The first-order valence-electron chi connectivity index (χ1n) is 7.97. The Balaban J connectivity index is 1.88. The molecule has 2 aromatic carbocycles. The van der Waals surface area contributed by atoms with Crippen molar-refractivity contribution in [3.8, 4) is 0 Å². The van der Waals surface area contributed by atoms with Crippen molar-refractivity contribution in [2.45, 2.75) is 26.8 Å². The quantitative estimate of drug-likeness (QED) is 0.757. The van der Waals surface area contributed by atoms with Crippen LogP contribution in [-0.4, -0.2) is 15.9 Å². The van der Waals surface area contributed by atoms with Gasteiger partial charge in [0.05, 0.1) is 17.1 Å². The Kier molecular flexibility index (Phi) is 4.34. The first-order chi connectivity index (χ1) is 11.4. The van der Waals surface area contributed by atoms with Crippen LogP contribution in [0.1, 0.15) is 41.6 Å². The van der Waals surface area contributed by atoms with Crippen LogP contribution < -0.4 is 5.32 Å². The molecule has 0 saturated heterocycles. The maximum Gasteiger partial charge on any atom is 0.251 e. The number of benzene rings is 2. The summed E-state index contributed by atoms with van der Waals surface area (Å²) < 4.78 is 13.0. The highest BCUT2D eigenvalue weighted by atomic mass is 19.1. The molecule has 3 aromatic rings. The number of halogens is 1. The molecule has 0 aliphatic carbocycles. The van der Waals surface area contributed by atoms with Crippen LogP contribution >= 0.6 is 0 Å². The Labute approximate surface area is 140 Å². The van der Waals surface area contributed by atoms with Gasteiger partial charge in [0.1, 0.15) is 11.6 Å². The van der Waals surface area contributed by atoms with Gasteiger partial charge in [0, 0.05) is 5.56 Å². The number of aromatic nitrogens is 2. The molecule has 2 N–H and O–H groups in total. The van der Waals surface area contributed by atoms with E-state index in [1.54, 1.807) is 0 Å². The van der Waals surface area contributed by atoms with Crippen molar-refractivity contribution in [2.24, 2.45) is 5.92 Å². The standard InChI is InChI=1S/C19H20FN3O/c1-11(2)17(23-19(24)13-5-7-14(20)8-6-13)18-21-15-9-4-12(3)10-16(15)22-18/h4-11,17H,1-3H3,(H,21,22)(H,23,24)/t17-/m1/s1. The van der Waals surface area contributed by atoms with Gasteiger partial charge in [-0.2, -0.15) is 0 Å². The largest absolute Gasteiger partial charge is 0.342 e. The minimum absolute atomic E-state index is 0.149. The number of fused-ring (bicyclic) bond motifs is 1. The number of aryl methyl sites for hydroxylation is 1. The van der Waals surface area contributed by atoms with Crippen LogP contribution in [0.3, 0.4) is 0 Å². The summed E-state index contributed by atoms with van der Waals surface area (Å²) in [5.41, 5.74) is 3.40. The van der Waals surface area contributed by atoms with Crippen LogP contribution in [0.2, 0.25) is 0 Å². The molecule has 0 fully saturated rings. The molecule has 124 valence electrons. The Hall–Kier alpha value is -2.69. The van der Waals surface area contributed by atoms with Crippen molar-refractivity contribution in [1.29, 1.82) is 0 Å². The summed E-state index contributed by atoms with van der Waals surface area (Å²) >= 11 is 0. The second-order valence-electron chi connectivity index (χ2n) is 6.34. The second kappa shape index (κ2) is 6.43. The Bertz CT molecular complexity index is 868. The van der Waals surface area contributed by atoms with Gasteiger partial charge in [-0.05, 0) is 54.8 Å². The lowest BCUT2D eigenvalue weighted by atomic mass is 10.0. The second-order valence-corrected chi connectivity index (χ2v) is 6.34. The fraction of sp³-hybridized carbons (Fsp3) is 0.263. The topological polar surface area (TPSA) is 57.8 Å². The van der Waals surface area contributed by atoms with Crippen molar-refractivity contribution in [2.75, 3.05) is 0 Å². The van der Waals surface area contributed by atoms with Crippen molar-refractivity contribution < 1.29 is 9.18 Å². The van der Waals surface area contributed by atoms with Crippen molar-refractivity contribution in [1.82, 2.24) is 15.3 Å². The first-order valence-corrected chi connectivity index (χ1v) is 7.97. The smallest absolute Gasteiger partial charge is 0.251 e. The summed E-state index contributed by atoms with van der Waals surface area (Å²) in [6.07, 6.45) is 0. The molecule has 1 amide bonds. The zero-order chi connectivity index (χ0) is 17.3. The molecule has 4 nitrogen and oxygen atoms in total. The molecular formula is C19H20FN3O. The number of imidazole rings is 1. The van der Waals surface area contributed by atoms with Gasteiger partial charge in [-0.1, -0.05) is 19.9 Å². The highest BCUT2D eigenvalue weighted by Crippen LogP contribution is 2.23. The van der Waals surface area contributed by atoms with Crippen LogP contribution in [0, 0.1) is 18.7 Å². The van der Waals surface area contributed by atoms with E-state index in [0.29, 0.717) is 5.56 Å². The van der Waals surface area contributed by atoms with Gasteiger partial charge in [-0.3, -0.25) is 4.79 Å². The Morgan fingerprint density at radius 2 is 1.88 bits per heavy atom. The SMILES string of the molecule is Cc1ccc2nc([C@H](NC(=O)c3ccc(F)cc3)C(C)C)[nH]c2c1. The third-order valence-electron chi connectivity index (χ3n) is 4.01. The number of nitrogens with zero attached hydrogens (tertiary/aromatic N) is 1. The Morgan fingerprint density at radius 3 is 2.54 bits per heavy atom. The van der Waals surface area contributed by atoms with E-state index in [2.05, 4.69) is 15.3 Å². The van der Waals surface area contributed by atoms with Gasteiger partial charge in [0.15, 0.2) is 0 Å². The molecule has 24 heavy (non-hydrogen) atoms. The molecule has 0 bridgehead atoms. The van der Waals surface area contributed by atoms with E-state index in [0.717, 1.165) is 22.4 Å². The number of carbonyl (C=O) groups excluding carboxylic acids is 1. The number of H-pyrrole nitrogens is 1. The summed E-state index contributed by atoms with van der Waals surface area (Å²) in [5, 5.41) is 2.99. The van der Waals surface area contributed by atoms with Gasteiger partial charge < -0.3 is 10.3 Å². The number of nitrogens with one attached hydrogen (secondary N) is 2. The summed E-state index contributed by atoms with van der Waals surface area (Å²) in [7, 11) is 0. The third-order valence-corrected chi connectivity index (χ3v) is 4.01. The Morgan fingerprint density at radius 1 is 1.17 bits per heavy atom. The number of amides is 1. The number of aromatic amines is 1. The van der Waals surface area contributed by atoms with Gasteiger partial charge in [0.25, 0.3) is 5.91 Å². The highest BCUT2D eigenvalue weighted by molar-refractivity contribution is 5.94. The van der Waals surface area contributed by atoms with Crippen molar-refractivity contribution in [3.63, 3.8) is 0 Å². The number of rotatable bonds is 4. The number of carbonyl (C=O) groups is 1. The molecule has 3 rings (SSSR count). The van der Waals surface area contributed by atoms with E-state index in [1.807, 2.05) is 39.0 Å². The molecule has 0 radical (unpaired) electrons. The minimum atomic E-state index is -0.361. The number of hydrogen-bond acceptors (Lipinski definition) is 2. The highest BCUT2D eigenvalue weighted by Gasteiger charge is 2.22. The van der Waals surface area contributed by atoms with Crippen LogP contribution in [0.15, 0.2) is 42.5 Å². The molecule has 0 aliphatic heterocycles. The summed E-state index contributed by atoms with van der Waals surface area (Å²) in [6.45, 7) is 6.07. The van der Waals surface area contributed by atoms with E-state index in [-0.39, 0.29) is 23.7 Å². The van der Waals surface area contributed by atoms with Gasteiger partial charge >= 0.3 is 0 Å². The molecule has 0 spiro atoms. The molecule has 1 heterocycles. The van der Waals surface area contributed by atoms with E-state index in [4.69, 9.17) is 0 Å². The average Bonchev–Trinajstić information content (AvgIpc) is 2.95. The van der Waals surface area contributed by atoms with Gasteiger partial charge in [-0.25, -0.2) is 9.37 Å². The van der Waals surface area contributed by atoms with E-state index in [9.17, 15) is 9.18 Å². The predicted molar refractivity (Wildman–Crippen MR) is 92.3 cm³/mol. The number of hydrogen-bond donors (Lipinski definition) is 2. The van der Waals surface area contributed by atoms with Gasteiger partial charge in [0.2, 0.25) is 0 Å². The molecule has 1 aromatic heterocycles.